The summed E-state index contributed by atoms with van der Waals surface area (Å²) in [5, 5.41) is 15.3. The Morgan fingerprint density at radius 1 is 1.67 bits per heavy atom. The minimum absolute atomic E-state index is 0. The predicted octanol–water partition coefficient (Wildman–Crippen LogP) is -1.94. The number of carbonyl (C=O) groups is 1. The van der Waals surface area contributed by atoms with E-state index < -0.39 is 6.16 Å². The summed E-state index contributed by atoms with van der Waals surface area (Å²) >= 11 is 0. The van der Waals surface area contributed by atoms with Gasteiger partial charge in [0, 0.05) is 17.1 Å². The summed E-state index contributed by atoms with van der Waals surface area (Å²) in [6.45, 7) is 0. The van der Waals surface area contributed by atoms with Crippen LogP contribution in [-0.2, 0) is 17.1 Å². The second-order valence-electron chi connectivity index (χ2n) is 0.266. The van der Waals surface area contributed by atoms with Crippen molar-refractivity contribution in [2.75, 3.05) is 0 Å². The first-order valence-corrected chi connectivity index (χ1v) is 0.632. The van der Waals surface area contributed by atoms with E-state index in [0.29, 0.717) is 0 Å². The Morgan fingerprint density at radius 3 is 1.67 bits per heavy atom. The Morgan fingerprint density at radius 2 is 1.67 bits per heavy atom. The summed E-state index contributed by atoms with van der Waals surface area (Å²) in [5.74, 6) is 0. The van der Waals surface area contributed by atoms with Gasteiger partial charge >= 0.3 is 0 Å². The first-order chi connectivity index (χ1) is 1.73. The van der Waals surface area contributed by atoms with Crippen molar-refractivity contribution in [1.82, 2.24) is 0 Å². The molecule has 5 heteroatoms. The molecule has 0 amide bonds. The first-order valence-electron chi connectivity index (χ1n) is 0.632. The van der Waals surface area contributed by atoms with Crippen LogP contribution in [0.5, 0.6) is 0 Å². The monoisotopic (exact) mass is 134 g/mol. The number of carboxylic acid groups (broad SMARTS) is 2. The van der Waals surface area contributed by atoms with Crippen molar-refractivity contribution in [3.05, 3.63) is 0 Å². The van der Waals surface area contributed by atoms with Gasteiger partial charge in [0.2, 0.25) is 6.16 Å². The molecule has 3 N–H and O–H groups in total. The van der Waals surface area contributed by atoms with E-state index in [-0.39, 0.29) is 22.5 Å². The number of hydrogen-bond donors (Lipinski definition) is 1. The van der Waals surface area contributed by atoms with Crippen molar-refractivity contribution in [2.45, 2.75) is 0 Å². The smallest absolute Gasteiger partial charge is 0.249 e. The van der Waals surface area contributed by atoms with Gasteiger partial charge in [-0.25, -0.2) is 0 Å². The fraction of sp³-hybridized carbons (Fsp3) is 0. The van der Waals surface area contributed by atoms with E-state index in [1.54, 1.807) is 0 Å². The second kappa shape index (κ2) is 8.83. The number of rotatable bonds is 0. The van der Waals surface area contributed by atoms with Crippen LogP contribution in [0.3, 0.4) is 0 Å². The SMILES string of the molecule is O.O=C([O-])O.[Mn]. The van der Waals surface area contributed by atoms with Crippen LogP contribution in [0.15, 0.2) is 0 Å². The maximum Gasteiger partial charge on any atom is 0.249 e. The van der Waals surface area contributed by atoms with E-state index in [0.717, 1.165) is 0 Å². The molecule has 0 aromatic rings. The summed E-state index contributed by atoms with van der Waals surface area (Å²) in [6, 6.07) is 0. The standard InChI is InChI=1S/CH2O3.Mn.H2O/c2-1(3)4;;/h(H2,2,3,4);;1H2/p-1. The second-order valence-corrected chi connectivity index (χ2v) is 0.266. The minimum Gasteiger partial charge on any atom is -0.565 e. The molecule has 0 saturated carbocycles. The zero-order chi connectivity index (χ0) is 3.58. The summed E-state index contributed by atoms with van der Waals surface area (Å²) in [6.07, 6.45) is -2.08. The molecule has 0 aromatic heterocycles. The van der Waals surface area contributed by atoms with Crippen LogP contribution in [0.4, 0.5) is 4.79 Å². The summed E-state index contributed by atoms with van der Waals surface area (Å²) < 4.78 is 0. The van der Waals surface area contributed by atoms with Crippen LogP contribution >= 0.6 is 0 Å². The van der Waals surface area contributed by atoms with Crippen molar-refractivity contribution in [3.8, 4) is 0 Å². The third-order valence-corrected chi connectivity index (χ3v) is 0. The van der Waals surface area contributed by atoms with Gasteiger partial charge in [0.15, 0.2) is 0 Å². The molecule has 0 spiro atoms. The molecule has 0 bridgehead atoms. The molecule has 0 aliphatic carbocycles. The molecule has 0 heterocycles. The van der Waals surface area contributed by atoms with Crippen LogP contribution < -0.4 is 5.11 Å². The molecule has 0 fully saturated rings. The van der Waals surface area contributed by atoms with E-state index in [9.17, 15) is 0 Å². The minimum atomic E-state index is -2.08. The van der Waals surface area contributed by atoms with E-state index in [1.807, 2.05) is 0 Å². The van der Waals surface area contributed by atoms with Crippen LogP contribution in [0.1, 0.15) is 0 Å². The largest absolute Gasteiger partial charge is 0.565 e. The number of hydrogen-bond acceptors (Lipinski definition) is 2. The Kier molecular flexibility index (Phi) is 25.3. The molecule has 0 unspecified atom stereocenters. The molecule has 0 aliphatic heterocycles. The maximum absolute atomic E-state index is 8.44. The van der Waals surface area contributed by atoms with E-state index >= 15 is 0 Å². The normalized spacial score (nSPS) is 4.00. The van der Waals surface area contributed by atoms with Gasteiger partial charge in [-0.15, -0.1) is 0 Å². The molecule has 0 aliphatic rings. The zero-order valence-corrected chi connectivity index (χ0v) is 3.82. The maximum atomic E-state index is 8.44. The third kappa shape index (κ3) is 452. The Hall–Kier alpha value is -0.251. The van der Waals surface area contributed by atoms with Crippen LogP contribution in [0.25, 0.3) is 0 Å². The topological polar surface area (TPSA) is 91.9 Å². The van der Waals surface area contributed by atoms with Gasteiger partial charge in [0.05, 0.1) is 0 Å². The van der Waals surface area contributed by atoms with Crippen LogP contribution in [0.2, 0.25) is 0 Å². The van der Waals surface area contributed by atoms with E-state index in [4.69, 9.17) is 15.0 Å². The molecular weight excluding hydrogens is 131 g/mol. The van der Waals surface area contributed by atoms with Gasteiger partial charge in [0.25, 0.3) is 0 Å². The van der Waals surface area contributed by atoms with Gasteiger partial charge < -0.3 is 20.5 Å². The molecule has 6 heavy (non-hydrogen) atoms. The molecule has 0 atom stereocenters. The first kappa shape index (κ1) is 17.2. The molecule has 39 valence electrons. The molecule has 0 saturated heterocycles. The average Bonchev–Trinajstić information content (AvgIpc) is 0.811. The Labute approximate surface area is 44.6 Å². The van der Waals surface area contributed by atoms with Crippen LogP contribution in [-0.4, -0.2) is 16.7 Å². The van der Waals surface area contributed by atoms with E-state index in [1.165, 1.54) is 0 Å². The van der Waals surface area contributed by atoms with Crippen molar-refractivity contribution < 1.29 is 37.6 Å². The quantitative estimate of drug-likeness (QED) is 0.390. The molecule has 1 radical (unpaired) electrons. The third-order valence-electron chi connectivity index (χ3n) is 0. The summed E-state index contributed by atoms with van der Waals surface area (Å²) in [5.41, 5.74) is 0. The average molecular weight is 134 g/mol. The van der Waals surface area contributed by atoms with Crippen molar-refractivity contribution in [1.29, 1.82) is 0 Å². The van der Waals surface area contributed by atoms with Gasteiger partial charge in [-0.05, 0) is 0 Å². The molecule has 0 rings (SSSR count). The van der Waals surface area contributed by atoms with Crippen molar-refractivity contribution in [2.24, 2.45) is 0 Å². The zero-order valence-electron chi connectivity index (χ0n) is 2.64. The summed E-state index contributed by atoms with van der Waals surface area (Å²) in [4.78, 5) is 8.44. The Bertz CT molecular complexity index is 30.5. The van der Waals surface area contributed by atoms with Crippen LogP contribution in [0, 0.1) is 0 Å². The molecular formula is CH3MnO4-. The van der Waals surface area contributed by atoms with Crippen molar-refractivity contribution >= 4 is 6.16 Å². The van der Waals surface area contributed by atoms with E-state index in [2.05, 4.69) is 0 Å². The predicted molar refractivity (Wildman–Crippen MR) is 11.6 cm³/mol. The fourth-order valence-electron chi connectivity index (χ4n) is 0. The summed E-state index contributed by atoms with van der Waals surface area (Å²) in [7, 11) is 0. The Balaban J connectivity index is -0.0000000450. The van der Waals surface area contributed by atoms with Gasteiger partial charge in [-0.3, -0.25) is 0 Å². The van der Waals surface area contributed by atoms with Gasteiger partial charge in [-0.2, -0.15) is 0 Å². The van der Waals surface area contributed by atoms with Gasteiger partial charge in [-0.1, -0.05) is 0 Å². The molecule has 0 aromatic carbocycles. The fourth-order valence-corrected chi connectivity index (χ4v) is 0. The van der Waals surface area contributed by atoms with Gasteiger partial charge in [0.1, 0.15) is 0 Å². The molecule has 4 nitrogen and oxygen atoms in total. The van der Waals surface area contributed by atoms with Crippen molar-refractivity contribution in [3.63, 3.8) is 0 Å².